The summed E-state index contributed by atoms with van der Waals surface area (Å²) in [6.07, 6.45) is 1.10. The van der Waals surface area contributed by atoms with Crippen molar-refractivity contribution < 1.29 is 9.59 Å². The Morgan fingerprint density at radius 3 is 2.46 bits per heavy atom. The molecule has 2 N–H and O–H groups in total. The summed E-state index contributed by atoms with van der Waals surface area (Å²) < 4.78 is 0. The summed E-state index contributed by atoms with van der Waals surface area (Å²) in [6.45, 7) is 8.59. The minimum absolute atomic E-state index is 0.0468. The van der Waals surface area contributed by atoms with Crippen molar-refractivity contribution in [2.45, 2.75) is 46.1 Å². The molecular formula is C17H23N5O2. The second-order valence-corrected chi connectivity index (χ2v) is 6.64. The Bertz CT molecular complexity index is 709. The first-order valence-corrected chi connectivity index (χ1v) is 8.19. The van der Waals surface area contributed by atoms with E-state index in [1.807, 2.05) is 26.8 Å². The number of nitrogens with zero attached hydrogens (tertiary/aromatic N) is 3. The molecule has 3 amide bonds. The number of hydrogen-bond acceptors (Lipinski definition) is 4. The molecule has 1 aromatic rings. The van der Waals surface area contributed by atoms with Gasteiger partial charge in [0.15, 0.2) is 0 Å². The molecule has 0 radical (unpaired) electrons. The number of piperidine rings is 1. The maximum absolute atomic E-state index is 12.6. The fraction of sp³-hybridized carbons (Fsp3) is 0.529. The van der Waals surface area contributed by atoms with Crippen LogP contribution in [-0.2, 0) is 4.79 Å². The van der Waals surface area contributed by atoms with Gasteiger partial charge in [-0.2, -0.15) is 0 Å². The van der Waals surface area contributed by atoms with Crippen molar-refractivity contribution >= 4 is 23.5 Å². The third-order valence-corrected chi connectivity index (χ3v) is 4.73. The Morgan fingerprint density at radius 2 is 1.92 bits per heavy atom. The zero-order chi connectivity index (χ0) is 17.5. The summed E-state index contributed by atoms with van der Waals surface area (Å²) in [5.41, 5.74) is 2.82. The van der Waals surface area contributed by atoms with Gasteiger partial charge in [-0.25, -0.2) is 4.79 Å². The molecule has 7 heteroatoms. The third-order valence-electron chi connectivity index (χ3n) is 4.73. The molecule has 128 valence electrons. The van der Waals surface area contributed by atoms with E-state index in [4.69, 9.17) is 0 Å². The quantitative estimate of drug-likeness (QED) is 0.825. The first kappa shape index (κ1) is 16.4. The number of amidine groups is 1. The number of urea groups is 1. The predicted octanol–water partition coefficient (Wildman–Crippen LogP) is 1.92. The molecule has 2 aliphatic heterocycles. The Labute approximate surface area is 141 Å². The molecular weight excluding hydrogens is 306 g/mol. The molecule has 0 aromatic carbocycles. The lowest BCUT2D eigenvalue weighted by atomic mass is 9.88. The van der Waals surface area contributed by atoms with Gasteiger partial charge in [0.25, 0.3) is 5.91 Å². The molecule has 3 rings (SSSR count). The SMILES string of the molecule is CC1=NC2(CCN(C(=O)Nc3c(C)cc(C)nc3C)CC2)C(=O)N1. The summed E-state index contributed by atoms with van der Waals surface area (Å²) >= 11 is 0. The van der Waals surface area contributed by atoms with E-state index < -0.39 is 5.54 Å². The van der Waals surface area contributed by atoms with Crippen molar-refractivity contribution in [2.75, 3.05) is 18.4 Å². The standard InChI is InChI=1S/C17H23N5O2/c1-10-9-11(2)18-12(3)14(10)20-16(24)22-7-5-17(6-8-22)15(23)19-13(4)21-17/h9H,5-8H2,1-4H3,(H,20,24)(H,19,21,23). The number of carbonyl (C=O) groups is 2. The fourth-order valence-corrected chi connectivity index (χ4v) is 3.50. The topological polar surface area (TPSA) is 86.7 Å². The van der Waals surface area contributed by atoms with Crippen LogP contribution in [0, 0.1) is 20.8 Å². The number of hydrogen-bond donors (Lipinski definition) is 2. The Balaban J connectivity index is 1.67. The molecule has 0 saturated carbocycles. The summed E-state index contributed by atoms with van der Waals surface area (Å²) in [7, 11) is 0. The Hall–Kier alpha value is -2.44. The second-order valence-electron chi connectivity index (χ2n) is 6.64. The number of aliphatic imine (C=N–C) groups is 1. The Kier molecular flexibility index (Phi) is 4.03. The van der Waals surface area contributed by atoms with Crippen molar-refractivity contribution in [3.05, 3.63) is 23.0 Å². The van der Waals surface area contributed by atoms with Crippen LogP contribution in [0.25, 0.3) is 0 Å². The van der Waals surface area contributed by atoms with Gasteiger partial charge in [-0.1, -0.05) is 0 Å². The summed E-state index contributed by atoms with van der Waals surface area (Å²) in [4.78, 5) is 35.3. The van der Waals surface area contributed by atoms with Crippen molar-refractivity contribution in [1.29, 1.82) is 0 Å². The molecule has 24 heavy (non-hydrogen) atoms. The van der Waals surface area contributed by atoms with E-state index in [2.05, 4.69) is 20.6 Å². The molecule has 7 nitrogen and oxygen atoms in total. The average Bonchev–Trinajstić information content (AvgIpc) is 2.77. The van der Waals surface area contributed by atoms with E-state index in [0.717, 1.165) is 22.6 Å². The van der Waals surface area contributed by atoms with Crippen LogP contribution in [-0.4, -0.2) is 46.3 Å². The number of anilines is 1. The molecule has 3 heterocycles. The third kappa shape index (κ3) is 2.86. The van der Waals surface area contributed by atoms with Crippen LogP contribution < -0.4 is 10.6 Å². The Morgan fingerprint density at radius 1 is 1.25 bits per heavy atom. The normalized spacial score (nSPS) is 19.2. The minimum atomic E-state index is -0.682. The first-order chi connectivity index (χ1) is 11.3. The zero-order valence-electron chi connectivity index (χ0n) is 14.6. The molecule has 0 aliphatic carbocycles. The summed E-state index contributed by atoms with van der Waals surface area (Å²) in [6, 6.07) is 1.80. The monoisotopic (exact) mass is 329 g/mol. The number of nitrogens with one attached hydrogen (secondary N) is 2. The van der Waals surface area contributed by atoms with Crippen molar-refractivity contribution in [3.8, 4) is 0 Å². The molecule has 0 unspecified atom stereocenters. The first-order valence-electron chi connectivity index (χ1n) is 8.19. The van der Waals surface area contributed by atoms with Crippen LogP contribution >= 0.6 is 0 Å². The summed E-state index contributed by atoms with van der Waals surface area (Å²) in [5.74, 6) is 0.615. The molecule has 0 bridgehead atoms. The minimum Gasteiger partial charge on any atom is -0.324 e. The lowest BCUT2D eigenvalue weighted by Gasteiger charge is -2.35. The maximum Gasteiger partial charge on any atom is 0.321 e. The van der Waals surface area contributed by atoms with Crippen LogP contribution in [0.3, 0.4) is 0 Å². The van der Waals surface area contributed by atoms with Crippen molar-refractivity contribution in [1.82, 2.24) is 15.2 Å². The number of pyridine rings is 1. The highest BCUT2D eigenvalue weighted by Crippen LogP contribution is 2.30. The van der Waals surface area contributed by atoms with Gasteiger partial charge in [0.05, 0.1) is 11.4 Å². The molecule has 0 atom stereocenters. The second kappa shape index (κ2) is 5.89. The number of rotatable bonds is 1. The van der Waals surface area contributed by atoms with E-state index >= 15 is 0 Å². The zero-order valence-corrected chi connectivity index (χ0v) is 14.6. The maximum atomic E-state index is 12.6. The number of aryl methyl sites for hydroxylation is 3. The smallest absolute Gasteiger partial charge is 0.321 e. The number of amides is 3. The molecule has 2 aliphatic rings. The molecule has 1 spiro atoms. The van der Waals surface area contributed by atoms with Gasteiger partial charge in [0.1, 0.15) is 11.4 Å². The largest absolute Gasteiger partial charge is 0.324 e. The predicted molar refractivity (Wildman–Crippen MR) is 92.3 cm³/mol. The van der Waals surface area contributed by atoms with E-state index in [-0.39, 0.29) is 11.9 Å². The highest BCUT2D eigenvalue weighted by atomic mass is 16.2. The highest BCUT2D eigenvalue weighted by molar-refractivity contribution is 6.07. The van der Waals surface area contributed by atoms with Crippen LogP contribution in [0.1, 0.15) is 36.7 Å². The van der Waals surface area contributed by atoms with Gasteiger partial charge in [0.2, 0.25) is 0 Å². The van der Waals surface area contributed by atoms with E-state index in [9.17, 15) is 9.59 Å². The van der Waals surface area contributed by atoms with Gasteiger partial charge >= 0.3 is 6.03 Å². The van der Waals surface area contributed by atoms with E-state index in [1.54, 1.807) is 11.8 Å². The fourth-order valence-electron chi connectivity index (χ4n) is 3.50. The van der Waals surface area contributed by atoms with Crippen LogP contribution in [0.15, 0.2) is 11.1 Å². The molecule has 1 saturated heterocycles. The van der Waals surface area contributed by atoms with Crippen molar-refractivity contribution in [3.63, 3.8) is 0 Å². The molecule has 1 fully saturated rings. The van der Waals surface area contributed by atoms with Crippen molar-refractivity contribution in [2.24, 2.45) is 4.99 Å². The van der Waals surface area contributed by atoms with Gasteiger partial charge in [-0.05, 0) is 52.2 Å². The highest BCUT2D eigenvalue weighted by Gasteiger charge is 2.45. The lowest BCUT2D eigenvalue weighted by molar-refractivity contribution is -0.125. The lowest BCUT2D eigenvalue weighted by Crippen LogP contribution is -2.51. The average molecular weight is 329 g/mol. The van der Waals surface area contributed by atoms with E-state index in [1.165, 1.54) is 0 Å². The molecule has 1 aromatic heterocycles. The van der Waals surface area contributed by atoms with Gasteiger partial charge in [-0.3, -0.25) is 14.8 Å². The van der Waals surface area contributed by atoms with Gasteiger partial charge in [-0.15, -0.1) is 0 Å². The number of carbonyl (C=O) groups excluding carboxylic acids is 2. The van der Waals surface area contributed by atoms with Crippen LogP contribution in [0.5, 0.6) is 0 Å². The number of likely N-dealkylation sites (tertiary alicyclic amines) is 1. The van der Waals surface area contributed by atoms with Gasteiger partial charge < -0.3 is 15.5 Å². The number of aromatic nitrogens is 1. The summed E-state index contributed by atoms with van der Waals surface area (Å²) in [5, 5.41) is 5.73. The van der Waals surface area contributed by atoms with E-state index in [0.29, 0.717) is 31.8 Å². The van der Waals surface area contributed by atoms with Crippen LogP contribution in [0.2, 0.25) is 0 Å². The van der Waals surface area contributed by atoms with Crippen LogP contribution in [0.4, 0.5) is 10.5 Å². The van der Waals surface area contributed by atoms with Gasteiger partial charge in [0, 0.05) is 18.8 Å².